The molecule has 0 atom stereocenters. The third-order valence-corrected chi connectivity index (χ3v) is 3.80. The average Bonchev–Trinajstić information content (AvgIpc) is 2.70. The molecular formula is C19H20N6. The van der Waals surface area contributed by atoms with Gasteiger partial charge in [-0.3, -0.25) is 0 Å². The number of rotatable bonds is 7. The number of benzene rings is 1. The van der Waals surface area contributed by atoms with E-state index in [-0.39, 0.29) is 0 Å². The normalized spacial score (nSPS) is 10.3. The Balaban J connectivity index is 1.66. The maximum Gasteiger partial charge on any atom is 0.225 e. The van der Waals surface area contributed by atoms with Gasteiger partial charge in [-0.15, -0.1) is 10.2 Å². The molecule has 0 aliphatic carbocycles. The van der Waals surface area contributed by atoms with Crippen LogP contribution in [-0.2, 0) is 0 Å². The quantitative estimate of drug-likeness (QED) is 0.663. The lowest BCUT2D eigenvalue weighted by Gasteiger charge is -2.23. The minimum Gasteiger partial charge on any atom is -0.342 e. The van der Waals surface area contributed by atoms with E-state index in [4.69, 9.17) is 0 Å². The summed E-state index contributed by atoms with van der Waals surface area (Å²) in [5.41, 5.74) is 1.90. The molecule has 0 spiro atoms. The summed E-state index contributed by atoms with van der Waals surface area (Å²) in [5, 5.41) is 8.66. The Kier molecular flexibility index (Phi) is 5.31. The lowest BCUT2D eigenvalue weighted by molar-refractivity contribution is 0.809. The van der Waals surface area contributed by atoms with Crippen LogP contribution in [0.25, 0.3) is 11.3 Å². The van der Waals surface area contributed by atoms with E-state index in [9.17, 15) is 0 Å². The van der Waals surface area contributed by atoms with E-state index in [1.54, 1.807) is 24.7 Å². The number of nitrogens with zero attached hydrogens (tertiary/aromatic N) is 6. The first kappa shape index (κ1) is 16.6. The molecule has 0 radical (unpaired) electrons. The molecule has 2 aromatic heterocycles. The number of likely N-dealkylation sites (N-methyl/N-ethyl adjacent to an activating group) is 1. The van der Waals surface area contributed by atoms with E-state index in [0.717, 1.165) is 23.6 Å². The first-order valence-corrected chi connectivity index (χ1v) is 8.04. The van der Waals surface area contributed by atoms with Crippen LogP contribution in [0.3, 0.4) is 0 Å². The molecule has 25 heavy (non-hydrogen) atoms. The van der Waals surface area contributed by atoms with E-state index in [2.05, 4.69) is 26.7 Å². The molecule has 3 rings (SSSR count). The highest BCUT2D eigenvalue weighted by Crippen LogP contribution is 2.18. The maximum absolute atomic E-state index is 4.33. The summed E-state index contributed by atoms with van der Waals surface area (Å²) < 4.78 is 0. The summed E-state index contributed by atoms with van der Waals surface area (Å²) in [6, 6.07) is 15.7. The Morgan fingerprint density at radius 1 is 0.920 bits per heavy atom. The van der Waals surface area contributed by atoms with Crippen molar-refractivity contribution in [3.8, 4) is 11.3 Å². The van der Waals surface area contributed by atoms with Crippen molar-refractivity contribution in [2.45, 2.75) is 0 Å². The fourth-order valence-corrected chi connectivity index (χ4v) is 2.39. The maximum atomic E-state index is 4.33. The highest BCUT2D eigenvalue weighted by Gasteiger charge is 2.09. The standard InChI is InChI=1S/C19H20N6/c1-3-25(15-14-24(2)19-20-12-7-13-21-19)18-11-10-17(22-23-18)16-8-5-4-6-9-16/h3-13H,1,14-15H2,2H3. The van der Waals surface area contributed by atoms with Gasteiger partial charge in [0.05, 0.1) is 5.69 Å². The largest absolute Gasteiger partial charge is 0.342 e. The third-order valence-electron chi connectivity index (χ3n) is 3.80. The predicted octanol–water partition coefficient (Wildman–Crippen LogP) is 3.02. The molecule has 2 heterocycles. The highest BCUT2D eigenvalue weighted by atomic mass is 15.3. The second-order valence-corrected chi connectivity index (χ2v) is 5.49. The highest BCUT2D eigenvalue weighted by molar-refractivity contribution is 5.59. The van der Waals surface area contributed by atoms with Crippen LogP contribution in [0.2, 0.25) is 0 Å². The summed E-state index contributed by atoms with van der Waals surface area (Å²) >= 11 is 0. The Labute approximate surface area is 147 Å². The second kappa shape index (κ2) is 8.01. The first-order valence-electron chi connectivity index (χ1n) is 8.04. The molecule has 0 aliphatic heterocycles. The van der Waals surface area contributed by atoms with Gasteiger partial charge in [0.2, 0.25) is 5.95 Å². The molecule has 6 nitrogen and oxygen atoms in total. The van der Waals surface area contributed by atoms with Gasteiger partial charge in [0.1, 0.15) is 0 Å². The molecule has 3 aromatic rings. The number of hydrogen-bond donors (Lipinski definition) is 0. The first-order chi connectivity index (χ1) is 12.3. The van der Waals surface area contributed by atoms with Crippen LogP contribution in [-0.4, -0.2) is 40.3 Å². The Hall–Kier alpha value is -3.28. The zero-order valence-corrected chi connectivity index (χ0v) is 14.2. The summed E-state index contributed by atoms with van der Waals surface area (Å²) in [5.74, 6) is 1.45. The molecule has 0 saturated heterocycles. The molecule has 0 unspecified atom stereocenters. The minimum absolute atomic E-state index is 0.692. The van der Waals surface area contributed by atoms with E-state index in [1.807, 2.05) is 59.3 Å². The van der Waals surface area contributed by atoms with Crippen LogP contribution in [0.4, 0.5) is 11.8 Å². The van der Waals surface area contributed by atoms with Crippen molar-refractivity contribution >= 4 is 11.8 Å². The topological polar surface area (TPSA) is 58.0 Å². The fourth-order valence-electron chi connectivity index (χ4n) is 2.39. The van der Waals surface area contributed by atoms with Gasteiger partial charge in [-0.2, -0.15) is 0 Å². The van der Waals surface area contributed by atoms with Crippen molar-refractivity contribution in [2.75, 3.05) is 29.9 Å². The van der Waals surface area contributed by atoms with Crippen molar-refractivity contribution in [1.29, 1.82) is 0 Å². The van der Waals surface area contributed by atoms with Gasteiger partial charge < -0.3 is 9.80 Å². The SMILES string of the molecule is C=CN(CCN(C)c1ncccn1)c1ccc(-c2ccccc2)nn1. The lowest BCUT2D eigenvalue weighted by Crippen LogP contribution is -2.31. The van der Waals surface area contributed by atoms with Crippen molar-refractivity contribution in [2.24, 2.45) is 0 Å². The Bertz CT molecular complexity index is 789. The molecule has 0 saturated carbocycles. The van der Waals surface area contributed by atoms with Crippen LogP contribution in [0.15, 0.2) is 73.7 Å². The van der Waals surface area contributed by atoms with Crippen LogP contribution >= 0.6 is 0 Å². The number of hydrogen-bond acceptors (Lipinski definition) is 6. The van der Waals surface area contributed by atoms with Crippen LogP contribution in [0.5, 0.6) is 0 Å². The van der Waals surface area contributed by atoms with E-state index in [0.29, 0.717) is 12.5 Å². The van der Waals surface area contributed by atoms with Gasteiger partial charge >= 0.3 is 0 Å². The second-order valence-electron chi connectivity index (χ2n) is 5.49. The number of anilines is 2. The predicted molar refractivity (Wildman–Crippen MR) is 100 cm³/mol. The smallest absolute Gasteiger partial charge is 0.225 e. The Morgan fingerprint density at radius 2 is 1.68 bits per heavy atom. The molecule has 0 fully saturated rings. The number of aromatic nitrogens is 4. The van der Waals surface area contributed by atoms with E-state index >= 15 is 0 Å². The monoisotopic (exact) mass is 332 g/mol. The zero-order chi connectivity index (χ0) is 17.5. The van der Waals surface area contributed by atoms with Gasteiger partial charge in [-0.25, -0.2) is 9.97 Å². The molecule has 1 aromatic carbocycles. The van der Waals surface area contributed by atoms with Gasteiger partial charge in [0, 0.05) is 38.1 Å². The molecular weight excluding hydrogens is 312 g/mol. The fraction of sp³-hybridized carbons (Fsp3) is 0.158. The molecule has 0 N–H and O–H groups in total. The molecule has 0 aliphatic rings. The van der Waals surface area contributed by atoms with Crippen molar-refractivity contribution in [3.63, 3.8) is 0 Å². The van der Waals surface area contributed by atoms with Gasteiger partial charge in [-0.05, 0) is 24.4 Å². The van der Waals surface area contributed by atoms with E-state index in [1.165, 1.54) is 0 Å². The molecule has 0 amide bonds. The molecule has 126 valence electrons. The summed E-state index contributed by atoms with van der Waals surface area (Å²) in [4.78, 5) is 12.4. The molecule has 6 heteroatoms. The van der Waals surface area contributed by atoms with Crippen molar-refractivity contribution < 1.29 is 0 Å². The molecule has 0 bridgehead atoms. The van der Waals surface area contributed by atoms with Gasteiger partial charge in [0.25, 0.3) is 0 Å². The van der Waals surface area contributed by atoms with Crippen LogP contribution in [0, 0.1) is 0 Å². The van der Waals surface area contributed by atoms with Crippen molar-refractivity contribution in [1.82, 2.24) is 20.2 Å². The summed E-state index contributed by atoms with van der Waals surface area (Å²) in [6.07, 6.45) is 5.22. The summed E-state index contributed by atoms with van der Waals surface area (Å²) in [6.45, 7) is 5.32. The van der Waals surface area contributed by atoms with Crippen LogP contribution < -0.4 is 9.80 Å². The lowest BCUT2D eigenvalue weighted by atomic mass is 10.1. The minimum atomic E-state index is 0.692. The van der Waals surface area contributed by atoms with Crippen molar-refractivity contribution in [3.05, 3.63) is 73.7 Å². The Morgan fingerprint density at radius 3 is 2.32 bits per heavy atom. The van der Waals surface area contributed by atoms with Gasteiger partial charge in [0.15, 0.2) is 5.82 Å². The van der Waals surface area contributed by atoms with Gasteiger partial charge in [-0.1, -0.05) is 36.9 Å². The third kappa shape index (κ3) is 4.17. The van der Waals surface area contributed by atoms with Crippen LogP contribution in [0.1, 0.15) is 0 Å². The van der Waals surface area contributed by atoms with E-state index < -0.39 is 0 Å². The average molecular weight is 332 g/mol. The summed E-state index contributed by atoms with van der Waals surface area (Å²) in [7, 11) is 1.96. The zero-order valence-electron chi connectivity index (χ0n) is 14.2.